The summed E-state index contributed by atoms with van der Waals surface area (Å²) in [5, 5.41) is 4.64. The predicted octanol–water partition coefficient (Wildman–Crippen LogP) is 13.2. The molecule has 0 aliphatic rings. The molecule has 0 unspecified atom stereocenters. The first kappa shape index (κ1) is 35.3. The van der Waals surface area contributed by atoms with E-state index in [1.54, 1.807) is 23.6 Å². The van der Waals surface area contributed by atoms with Gasteiger partial charge in [-0.25, -0.2) is 0 Å². The van der Waals surface area contributed by atoms with Crippen LogP contribution in [0.1, 0.15) is 13.9 Å². The Kier molecular flexibility index (Phi) is 10.2. The van der Waals surface area contributed by atoms with E-state index in [0.29, 0.717) is 11.1 Å². The molecule has 0 saturated carbocycles. The first-order chi connectivity index (χ1) is 27.6. The van der Waals surface area contributed by atoms with E-state index in [4.69, 9.17) is 7.16 Å². The van der Waals surface area contributed by atoms with E-state index in [2.05, 4.69) is 112 Å². The van der Waals surface area contributed by atoms with Gasteiger partial charge in [0.15, 0.2) is 0 Å². The Morgan fingerprint density at radius 1 is 0.643 bits per heavy atom. The molecule has 0 atom stereocenters. The first-order valence-electron chi connectivity index (χ1n) is 19.4. The van der Waals surface area contributed by atoms with Gasteiger partial charge < -0.3 is 4.98 Å². The number of furan rings is 1. The second-order valence-corrected chi connectivity index (χ2v) is 26.3. The Morgan fingerprint density at radius 3 is 2.21 bits per heavy atom. The van der Waals surface area contributed by atoms with Crippen LogP contribution in [0.3, 0.4) is 0 Å². The molecule has 0 fully saturated rings. The normalized spacial score (nSPS) is 12.2. The van der Waals surface area contributed by atoms with E-state index in [-0.39, 0.29) is 20.1 Å². The Balaban J connectivity index is 0.000000171. The number of aromatic nitrogens is 2. The van der Waals surface area contributed by atoms with Gasteiger partial charge in [-0.05, 0) is 56.5 Å². The maximum Gasteiger partial charge on any atom is 0 e. The fraction of sp³-hybridized carbons (Fsp3) is 0.0800. The van der Waals surface area contributed by atoms with Gasteiger partial charge in [0.25, 0.3) is 0 Å². The predicted molar refractivity (Wildman–Crippen MR) is 235 cm³/mol. The zero-order valence-corrected chi connectivity index (χ0v) is 36.4. The number of nitrogens with zero attached hydrogens (tertiary/aromatic N) is 2. The molecule has 3 nitrogen and oxygen atoms in total. The Labute approximate surface area is 350 Å². The van der Waals surface area contributed by atoms with Crippen molar-refractivity contribution in [1.29, 1.82) is 0 Å². The Hall–Kier alpha value is -5.17. The van der Waals surface area contributed by atoms with Crippen LogP contribution < -0.4 is 4.40 Å². The van der Waals surface area contributed by atoms with Crippen LogP contribution in [0.4, 0.5) is 0 Å². The SMILES string of the molecule is [2H]C([2H])(c1ccccc1)c1ccnc(-c2[c-]ccc3c2sc2cc(-c4ccccc4)ccc23)c1.[CH3][Ge]([CH3])([CH3])[c]1ccc(-c2[c-]cc3oc4ccccc4c3c2)nc1.[Ir]. The van der Waals surface area contributed by atoms with Crippen molar-refractivity contribution in [2.24, 2.45) is 0 Å². The summed E-state index contributed by atoms with van der Waals surface area (Å²) in [6.07, 6.45) is 2.12. The monoisotopic (exact) mass is 983 g/mol. The third-order valence-corrected chi connectivity index (χ3v) is 15.3. The molecule has 0 amide bonds. The second-order valence-electron chi connectivity index (χ2n) is 14.6. The van der Waals surface area contributed by atoms with E-state index >= 15 is 0 Å². The first-order valence-corrected chi connectivity index (χ1v) is 26.5. The van der Waals surface area contributed by atoms with E-state index in [9.17, 15) is 0 Å². The average Bonchev–Trinajstić information content (AvgIpc) is 3.82. The summed E-state index contributed by atoms with van der Waals surface area (Å²) in [6, 6.07) is 57.2. The molecule has 0 bridgehead atoms. The number of benzene rings is 6. The zero-order valence-electron chi connectivity index (χ0n) is 33.1. The molecule has 0 aliphatic heterocycles. The fourth-order valence-electron chi connectivity index (χ4n) is 6.89. The van der Waals surface area contributed by atoms with Crippen molar-refractivity contribution in [2.75, 3.05) is 0 Å². The molecule has 56 heavy (non-hydrogen) atoms. The van der Waals surface area contributed by atoms with Crippen LogP contribution in [0, 0.1) is 12.1 Å². The van der Waals surface area contributed by atoms with E-state index in [1.165, 1.54) is 31.0 Å². The molecule has 0 saturated heterocycles. The number of thiophene rings is 1. The number of pyridine rings is 2. The molecule has 4 aromatic heterocycles. The smallest absolute Gasteiger partial charge is 0 e. The van der Waals surface area contributed by atoms with Crippen LogP contribution in [0.15, 0.2) is 168 Å². The van der Waals surface area contributed by atoms with Crippen LogP contribution in [0.2, 0.25) is 17.3 Å². The van der Waals surface area contributed by atoms with Crippen molar-refractivity contribution in [3.63, 3.8) is 0 Å². The van der Waals surface area contributed by atoms with Crippen molar-refractivity contribution in [1.82, 2.24) is 9.97 Å². The second kappa shape index (κ2) is 16.1. The standard InChI is InChI=1S/C30H20NS.C20H18GeNO.Ir/c1-3-8-21(9-4-1)18-22-16-17-31-28(19-22)27-13-7-12-26-25-15-14-24(20-29(25)32-30(26)27)23-10-5-2-6-11-23;1-21(2,3)15-9-10-18(22-13-15)14-8-11-20-17(12-14)16-6-4-5-7-19(16)23-20;/h1-12,14-17,19-20H,18H2;4-7,9-13H,1-3H3;/q2*-1;/i18D2;;. The zero-order chi connectivity index (χ0) is 39.1. The summed E-state index contributed by atoms with van der Waals surface area (Å²) in [4.78, 5) is 9.28. The summed E-state index contributed by atoms with van der Waals surface area (Å²) in [7, 11) is 0. The van der Waals surface area contributed by atoms with Gasteiger partial charge in [-0.2, -0.15) is 11.3 Å². The van der Waals surface area contributed by atoms with Crippen molar-refractivity contribution < 1.29 is 27.3 Å². The van der Waals surface area contributed by atoms with Crippen molar-refractivity contribution in [3.05, 3.63) is 187 Å². The van der Waals surface area contributed by atoms with E-state index in [0.717, 1.165) is 49.2 Å². The minimum atomic E-state index is -1.81. The van der Waals surface area contributed by atoms with Gasteiger partial charge in [0.05, 0.1) is 0 Å². The van der Waals surface area contributed by atoms with Gasteiger partial charge in [0.1, 0.15) is 0 Å². The van der Waals surface area contributed by atoms with E-state index in [1.807, 2.05) is 79.0 Å². The molecular formula is C50H38GeIrN2OS-2. The average molecular weight is 982 g/mol. The maximum absolute atomic E-state index is 8.75. The number of rotatable bonds is 6. The van der Waals surface area contributed by atoms with E-state index < -0.39 is 19.6 Å². The van der Waals surface area contributed by atoms with Crippen LogP contribution in [0.5, 0.6) is 0 Å². The largest absolute Gasteiger partial charge is 0 e. The summed E-state index contributed by atoms with van der Waals surface area (Å²) in [6.45, 7) is 0. The summed E-state index contributed by atoms with van der Waals surface area (Å²) < 4.78 is 27.1. The van der Waals surface area contributed by atoms with Crippen LogP contribution in [-0.4, -0.2) is 23.2 Å². The number of fused-ring (bicyclic) bond motifs is 6. The van der Waals surface area contributed by atoms with Gasteiger partial charge in [-0.1, -0.05) is 84.2 Å². The molecule has 1 radical (unpaired) electrons. The van der Waals surface area contributed by atoms with Gasteiger partial charge in [0.2, 0.25) is 0 Å². The molecule has 0 N–H and O–H groups in total. The molecule has 6 heteroatoms. The third-order valence-electron chi connectivity index (χ3n) is 9.83. The van der Waals surface area contributed by atoms with Crippen LogP contribution in [0.25, 0.3) is 75.8 Å². The summed E-state index contributed by atoms with van der Waals surface area (Å²) in [5.41, 5.74) is 9.01. The number of hydrogen-bond acceptors (Lipinski definition) is 4. The van der Waals surface area contributed by atoms with Gasteiger partial charge >= 0.3 is 138 Å². The van der Waals surface area contributed by atoms with Crippen molar-refractivity contribution >= 4 is 71.1 Å². The minimum Gasteiger partial charge on any atom is 0 e. The topological polar surface area (TPSA) is 38.9 Å². The van der Waals surface area contributed by atoms with Crippen molar-refractivity contribution in [3.8, 4) is 33.6 Å². The van der Waals surface area contributed by atoms with Crippen LogP contribution >= 0.6 is 11.3 Å². The molecule has 0 spiro atoms. The van der Waals surface area contributed by atoms with Gasteiger partial charge in [-0.15, -0.1) is 23.8 Å². The Morgan fingerprint density at radius 2 is 1.43 bits per heavy atom. The molecule has 6 aromatic carbocycles. The molecule has 10 rings (SSSR count). The Bertz CT molecular complexity index is 3030. The number of hydrogen-bond donors (Lipinski definition) is 0. The van der Waals surface area contributed by atoms with Gasteiger partial charge in [-0.3, -0.25) is 0 Å². The number of para-hydroxylation sites is 1. The summed E-state index contributed by atoms with van der Waals surface area (Å²) in [5.74, 6) is 7.14. The summed E-state index contributed by atoms with van der Waals surface area (Å²) >= 11 is -0.0762. The fourth-order valence-corrected chi connectivity index (χ4v) is 10.3. The molecule has 4 heterocycles. The maximum atomic E-state index is 8.75. The van der Waals surface area contributed by atoms with Crippen molar-refractivity contribution in [2.45, 2.75) is 23.6 Å². The quantitative estimate of drug-likeness (QED) is 0.123. The molecular weight excluding hydrogens is 941 g/mol. The molecule has 275 valence electrons. The molecule has 10 aromatic rings. The van der Waals surface area contributed by atoms with Crippen LogP contribution in [-0.2, 0) is 26.5 Å². The molecule has 0 aliphatic carbocycles. The third kappa shape index (κ3) is 7.78. The minimum absolute atomic E-state index is 0. The van der Waals surface area contributed by atoms with Gasteiger partial charge in [0, 0.05) is 33.7 Å².